The van der Waals surface area contributed by atoms with E-state index in [0.29, 0.717) is 0 Å². The van der Waals surface area contributed by atoms with Crippen molar-refractivity contribution in [2.75, 3.05) is 0 Å². The van der Waals surface area contributed by atoms with Crippen molar-refractivity contribution in [3.8, 4) is 0 Å². The van der Waals surface area contributed by atoms with Crippen LogP contribution in [0.2, 0.25) is 0 Å². The molecule has 1 unspecified atom stereocenters. The van der Waals surface area contributed by atoms with Gasteiger partial charge < -0.3 is 5.11 Å². The minimum atomic E-state index is -0.551. The summed E-state index contributed by atoms with van der Waals surface area (Å²) >= 11 is 1.65. The number of aliphatic hydroxyl groups excluding tert-OH is 1. The molecule has 2 aromatic rings. The van der Waals surface area contributed by atoms with Crippen molar-refractivity contribution in [2.24, 2.45) is 7.05 Å². The molecule has 2 heterocycles. The van der Waals surface area contributed by atoms with Crippen LogP contribution < -0.4 is 0 Å². The molecule has 0 aliphatic carbocycles. The summed E-state index contributed by atoms with van der Waals surface area (Å²) in [5.41, 5.74) is 2.88. The summed E-state index contributed by atoms with van der Waals surface area (Å²) in [6, 6.07) is 1.97. The fourth-order valence-corrected chi connectivity index (χ4v) is 2.36. The monoisotopic (exact) mass is 222 g/mol. The number of thiophene rings is 1. The Bertz CT molecular complexity index is 473. The Hall–Kier alpha value is -1.13. The number of hydrogen-bond acceptors (Lipinski definition) is 3. The van der Waals surface area contributed by atoms with E-state index in [1.54, 1.807) is 22.2 Å². The first-order valence-electron chi connectivity index (χ1n) is 4.82. The van der Waals surface area contributed by atoms with Crippen molar-refractivity contribution >= 4 is 11.3 Å². The molecule has 2 aromatic heterocycles. The molecule has 15 heavy (non-hydrogen) atoms. The summed E-state index contributed by atoms with van der Waals surface area (Å²) < 4.78 is 1.78. The van der Waals surface area contributed by atoms with Crippen LogP contribution in [0.4, 0.5) is 0 Å². The zero-order valence-corrected chi connectivity index (χ0v) is 9.88. The van der Waals surface area contributed by atoms with Crippen LogP contribution in [0.15, 0.2) is 17.6 Å². The molecule has 0 spiro atoms. The third-order valence-corrected chi connectivity index (χ3v) is 3.62. The quantitative estimate of drug-likeness (QED) is 0.845. The molecule has 4 heteroatoms. The molecule has 1 atom stereocenters. The first-order valence-corrected chi connectivity index (χ1v) is 5.69. The molecule has 0 aromatic carbocycles. The minimum absolute atomic E-state index is 0.551. The van der Waals surface area contributed by atoms with Gasteiger partial charge in [0.15, 0.2) is 0 Å². The summed E-state index contributed by atoms with van der Waals surface area (Å²) in [6.45, 7) is 3.99. The molecule has 0 aliphatic heterocycles. The SMILES string of the molecule is Cc1sccc1C(O)c1cnn(C)c1C. The van der Waals surface area contributed by atoms with Gasteiger partial charge in [0.05, 0.1) is 6.20 Å². The predicted octanol–water partition coefficient (Wildman–Crippen LogP) is 2.18. The van der Waals surface area contributed by atoms with Crippen LogP contribution in [-0.2, 0) is 7.05 Å². The Kier molecular flexibility index (Phi) is 2.63. The average molecular weight is 222 g/mol. The first kappa shape index (κ1) is 10.4. The zero-order valence-electron chi connectivity index (χ0n) is 9.06. The van der Waals surface area contributed by atoms with E-state index in [-0.39, 0.29) is 0 Å². The van der Waals surface area contributed by atoms with Gasteiger partial charge >= 0.3 is 0 Å². The maximum atomic E-state index is 10.2. The summed E-state index contributed by atoms with van der Waals surface area (Å²) in [5.74, 6) is 0. The van der Waals surface area contributed by atoms with E-state index < -0.39 is 6.10 Å². The molecular weight excluding hydrogens is 208 g/mol. The molecule has 0 aliphatic rings. The van der Waals surface area contributed by atoms with Gasteiger partial charge in [0.2, 0.25) is 0 Å². The van der Waals surface area contributed by atoms with Gasteiger partial charge in [0.1, 0.15) is 6.10 Å². The number of aliphatic hydroxyl groups is 1. The lowest BCUT2D eigenvalue weighted by Gasteiger charge is -2.09. The minimum Gasteiger partial charge on any atom is -0.383 e. The molecule has 0 saturated heterocycles. The maximum Gasteiger partial charge on any atom is 0.108 e. The molecular formula is C11H14N2OS. The van der Waals surface area contributed by atoms with E-state index in [1.165, 1.54) is 0 Å². The summed E-state index contributed by atoms with van der Waals surface area (Å²) in [4.78, 5) is 1.16. The smallest absolute Gasteiger partial charge is 0.108 e. The van der Waals surface area contributed by atoms with E-state index in [0.717, 1.165) is 21.7 Å². The van der Waals surface area contributed by atoms with E-state index in [2.05, 4.69) is 5.10 Å². The number of nitrogens with zero attached hydrogens (tertiary/aromatic N) is 2. The molecule has 0 radical (unpaired) electrons. The maximum absolute atomic E-state index is 10.2. The number of hydrogen-bond donors (Lipinski definition) is 1. The molecule has 1 N–H and O–H groups in total. The fourth-order valence-electron chi connectivity index (χ4n) is 1.63. The van der Waals surface area contributed by atoms with Crippen LogP contribution in [-0.4, -0.2) is 14.9 Å². The lowest BCUT2D eigenvalue weighted by atomic mass is 10.0. The molecule has 3 nitrogen and oxygen atoms in total. The Morgan fingerprint density at radius 3 is 2.60 bits per heavy atom. The lowest BCUT2D eigenvalue weighted by Crippen LogP contribution is -2.02. The average Bonchev–Trinajstić information content (AvgIpc) is 2.75. The van der Waals surface area contributed by atoms with Crippen LogP contribution in [0, 0.1) is 13.8 Å². The summed E-state index contributed by atoms with van der Waals surface area (Å²) in [5, 5.41) is 16.3. The van der Waals surface area contributed by atoms with Crippen molar-refractivity contribution in [3.63, 3.8) is 0 Å². The highest BCUT2D eigenvalue weighted by molar-refractivity contribution is 7.10. The largest absolute Gasteiger partial charge is 0.383 e. The highest BCUT2D eigenvalue weighted by Crippen LogP contribution is 2.29. The number of aromatic nitrogens is 2. The number of aryl methyl sites for hydroxylation is 2. The van der Waals surface area contributed by atoms with Crippen LogP contribution in [0.25, 0.3) is 0 Å². The fraction of sp³-hybridized carbons (Fsp3) is 0.364. The van der Waals surface area contributed by atoms with Crippen LogP contribution in [0.5, 0.6) is 0 Å². The normalized spacial score (nSPS) is 13.1. The van der Waals surface area contributed by atoms with Gasteiger partial charge in [-0.15, -0.1) is 11.3 Å². The highest BCUT2D eigenvalue weighted by atomic mass is 32.1. The van der Waals surface area contributed by atoms with Gasteiger partial charge in [-0.3, -0.25) is 4.68 Å². The van der Waals surface area contributed by atoms with Gasteiger partial charge in [-0.2, -0.15) is 5.10 Å². The van der Waals surface area contributed by atoms with Crippen LogP contribution >= 0.6 is 11.3 Å². The van der Waals surface area contributed by atoms with Crippen LogP contribution in [0.1, 0.15) is 27.8 Å². The van der Waals surface area contributed by atoms with Gasteiger partial charge in [0, 0.05) is 23.2 Å². The van der Waals surface area contributed by atoms with Crippen LogP contribution in [0.3, 0.4) is 0 Å². The van der Waals surface area contributed by atoms with Crippen molar-refractivity contribution in [2.45, 2.75) is 20.0 Å². The van der Waals surface area contributed by atoms with E-state index in [1.807, 2.05) is 32.3 Å². The molecule has 0 amide bonds. The summed E-state index contributed by atoms with van der Waals surface area (Å²) in [7, 11) is 1.88. The first-order chi connectivity index (χ1) is 7.11. The lowest BCUT2D eigenvalue weighted by molar-refractivity contribution is 0.219. The predicted molar refractivity (Wildman–Crippen MR) is 61.1 cm³/mol. The topological polar surface area (TPSA) is 38.1 Å². The van der Waals surface area contributed by atoms with Crippen molar-refractivity contribution in [1.82, 2.24) is 9.78 Å². The third kappa shape index (κ3) is 1.70. The van der Waals surface area contributed by atoms with Crippen molar-refractivity contribution < 1.29 is 5.11 Å². The molecule has 80 valence electrons. The highest BCUT2D eigenvalue weighted by Gasteiger charge is 2.17. The molecule has 0 fully saturated rings. The Morgan fingerprint density at radius 2 is 2.13 bits per heavy atom. The van der Waals surface area contributed by atoms with E-state index >= 15 is 0 Å². The van der Waals surface area contributed by atoms with Gasteiger partial charge in [-0.25, -0.2) is 0 Å². The standard InChI is InChI=1S/C11H14N2OS/c1-7-10(6-12-13(7)3)11(14)9-4-5-15-8(9)2/h4-6,11,14H,1-3H3. The Morgan fingerprint density at radius 1 is 1.40 bits per heavy atom. The summed E-state index contributed by atoms with van der Waals surface area (Å²) in [6.07, 6.45) is 1.18. The second kappa shape index (κ2) is 3.79. The molecule has 0 bridgehead atoms. The third-order valence-electron chi connectivity index (χ3n) is 2.76. The Balaban J connectivity index is 2.41. The van der Waals surface area contributed by atoms with Crippen molar-refractivity contribution in [1.29, 1.82) is 0 Å². The van der Waals surface area contributed by atoms with Gasteiger partial charge in [-0.1, -0.05) is 0 Å². The van der Waals surface area contributed by atoms with Crippen molar-refractivity contribution in [3.05, 3.63) is 39.3 Å². The Labute approximate surface area is 93.0 Å². The molecule has 0 saturated carbocycles. The second-order valence-corrected chi connectivity index (χ2v) is 4.76. The second-order valence-electron chi connectivity index (χ2n) is 3.64. The zero-order chi connectivity index (χ0) is 11.0. The van der Waals surface area contributed by atoms with Gasteiger partial charge in [-0.05, 0) is 30.9 Å². The number of rotatable bonds is 2. The molecule has 2 rings (SSSR count). The van der Waals surface area contributed by atoms with Gasteiger partial charge in [0.25, 0.3) is 0 Å². The van der Waals surface area contributed by atoms with E-state index in [4.69, 9.17) is 0 Å². The van der Waals surface area contributed by atoms with E-state index in [9.17, 15) is 5.11 Å².